The number of hydrogen-bond donors (Lipinski definition) is 2. The SMILES string of the molecule is N=C(N)c1ccc(Oc2cc(F)c(Cl)cc2Br)cc1Cl. The van der Waals surface area contributed by atoms with Crippen LogP contribution in [0, 0.1) is 11.2 Å². The van der Waals surface area contributed by atoms with Crippen molar-refractivity contribution in [2.45, 2.75) is 0 Å². The summed E-state index contributed by atoms with van der Waals surface area (Å²) in [7, 11) is 0. The lowest BCUT2D eigenvalue weighted by Gasteiger charge is -2.10. The molecule has 2 aromatic carbocycles. The topological polar surface area (TPSA) is 59.1 Å². The Morgan fingerprint density at radius 2 is 1.90 bits per heavy atom. The normalized spacial score (nSPS) is 10.4. The summed E-state index contributed by atoms with van der Waals surface area (Å²) in [4.78, 5) is 0. The van der Waals surface area contributed by atoms with E-state index in [1.807, 2.05) is 0 Å². The van der Waals surface area contributed by atoms with Gasteiger partial charge in [-0.1, -0.05) is 23.2 Å². The van der Waals surface area contributed by atoms with Crippen molar-refractivity contribution >= 4 is 45.0 Å². The first-order valence-corrected chi connectivity index (χ1v) is 6.89. The molecule has 0 fully saturated rings. The molecule has 20 heavy (non-hydrogen) atoms. The Morgan fingerprint density at radius 1 is 1.20 bits per heavy atom. The van der Waals surface area contributed by atoms with Crippen LogP contribution in [0.2, 0.25) is 10.0 Å². The number of halogens is 4. The van der Waals surface area contributed by atoms with Crippen molar-refractivity contribution in [3.8, 4) is 11.5 Å². The average molecular weight is 378 g/mol. The molecule has 0 aromatic heterocycles. The number of amidine groups is 1. The number of nitrogens with one attached hydrogen (secondary N) is 1. The number of rotatable bonds is 3. The van der Waals surface area contributed by atoms with Crippen molar-refractivity contribution in [2.75, 3.05) is 0 Å². The Bertz CT molecular complexity index is 694. The van der Waals surface area contributed by atoms with E-state index in [1.165, 1.54) is 18.2 Å². The maximum absolute atomic E-state index is 13.4. The number of benzene rings is 2. The molecule has 0 heterocycles. The molecule has 0 aliphatic rings. The van der Waals surface area contributed by atoms with Crippen molar-refractivity contribution in [1.82, 2.24) is 0 Å². The van der Waals surface area contributed by atoms with Gasteiger partial charge in [0.05, 0.1) is 14.5 Å². The minimum Gasteiger partial charge on any atom is -0.456 e. The molecule has 0 saturated heterocycles. The highest BCUT2D eigenvalue weighted by molar-refractivity contribution is 9.10. The van der Waals surface area contributed by atoms with Gasteiger partial charge >= 0.3 is 0 Å². The highest BCUT2D eigenvalue weighted by Crippen LogP contribution is 2.34. The molecule has 7 heteroatoms. The Morgan fingerprint density at radius 3 is 2.50 bits per heavy atom. The van der Waals surface area contributed by atoms with E-state index in [9.17, 15) is 4.39 Å². The number of hydrogen-bond acceptors (Lipinski definition) is 2. The van der Waals surface area contributed by atoms with Crippen molar-refractivity contribution < 1.29 is 9.13 Å². The fraction of sp³-hybridized carbons (Fsp3) is 0. The van der Waals surface area contributed by atoms with E-state index in [1.54, 1.807) is 12.1 Å². The van der Waals surface area contributed by atoms with Crippen LogP contribution in [0.25, 0.3) is 0 Å². The van der Waals surface area contributed by atoms with Gasteiger partial charge in [-0.3, -0.25) is 5.41 Å². The van der Waals surface area contributed by atoms with Crippen molar-refractivity contribution in [3.05, 3.63) is 56.2 Å². The third-order valence-corrected chi connectivity index (χ3v) is 3.66. The predicted octanol–water partition coefficient (Wildman–Crippen LogP) is 4.97. The first-order chi connectivity index (χ1) is 9.38. The van der Waals surface area contributed by atoms with Gasteiger partial charge in [0.2, 0.25) is 0 Å². The maximum atomic E-state index is 13.4. The van der Waals surface area contributed by atoms with Crippen LogP contribution in [0.1, 0.15) is 5.56 Å². The Balaban J connectivity index is 2.33. The van der Waals surface area contributed by atoms with E-state index < -0.39 is 5.82 Å². The summed E-state index contributed by atoms with van der Waals surface area (Å²) >= 11 is 14.9. The van der Waals surface area contributed by atoms with E-state index in [4.69, 9.17) is 39.1 Å². The maximum Gasteiger partial charge on any atom is 0.145 e. The lowest BCUT2D eigenvalue weighted by Crippen LogP contribution is -2.11. The zero-order valence-electron chi connectivity index (χ0n) is 9.88. The molecule has 0 radical (unpaired) electrons. The number of nitrogen functional groups attached to an aromatic ring is 1. The second kappa shape index (κ2) is 5.99. The van der Waals surface area contributed by atoms with E-state index in [0.29, 0.717) is 15.8 Å². The van der Waals surface area contributed by atoms with Gasteiger partial charge in [0.1, 0.15) is 23.2 Å². The second-order valence-corrected chi connectivity index (χ2v) is 5.52. The fourth-order valence-electron chi connectivity index (χ4n) is 1.49. The van der Waals surface area contributed by atoms with Gasteiger partial charge < -0.3 is 10.5 Å². The summed E-state index contributed by atoms with van der Waals surface area (Å²) in [5.41, 5.74) is 5.77. The molecule has 0 aliphatic heterocycles. The van der Waals surface area contributed by atoms with Crippen molar-refractivity contribution in [2.24, 2.45) is 5.73 Å². The lowest BCUT2D eigenvalue weighted by molar-refractivity contribution is 0.473. The van der Waals surface area contributed by atoms with Gasteiger partial charge in [-0.15, -0.1) is 0 Å². The number of nitrogens with two attached hydrogens (primary N) is 1. The van der Waals surface area contributed by atoms with E-state index in [-0.39, 0.29) is 21.6 Å². The third-order valence-electron chi connectivity index (χ3n) is 2.43. The molecular formula is C13H8BrCl2FN2O. The molecule has 104 valence electrons. The van der Waals surface area contributed by atoms with Crippen LogP contribution in [0.4, 0.5) is 4.39 Å². The zero-order chi connectivity index (χ0) is 14.9. The molecule has 2 rings (SSSR count). The average Bonchev–Trinajstić information content (AvgIpc) is 2.35. The van der Waals surface area contributed by atoms with Crippen LogP contribution in [0.5, 0.6) is 11.5 Å². The molecule has 0 aliphatic carbocycles. The van der Waals surface area contributed by atoms with E-state index in [2.05, 4.69) is 15.9 Å². The molecule has 0 saturated carbocycles. The van der Waals surface area contributed by atoms with Crippen LogP contribution in [0.3, 0.4) is 0 Å². The van der Waals surface area contributed by atoms with Crippen LogP contribution in [-0.4, -0.2) is 5.84 Å². The lowest BCUT2D eigenvalue weighted by atomic mass is 10.2. The van der Waals surface area contributed by atoms with Crippen LogP contribution >= 0.6 is 39.1 Å². The van der Waals surface area contributed by atoms with Gasteiger partial charge in [-0.05, 0) is 34.1 Å². The smallest absolute Gasteiger partial charge is 0.145 e. The second-order valence-electron chi connectivity index (χ2n) is 3.85. The Labute approximate surface area is 133 Å². The monoisotopic (exact) mass is 376 g/mol. The molecular weight excluding hydrogens is 370 g/mol. The molecule has 0 unspecified atom stereocenters. The van der Waals surface area contributed by atoms with Gasteiger partial charge in [-0.25, -0.2) is 4.39 Å². The van der Waals surface area contributed by atoms with Gasteiger partial charge in [0.15, 0.2) is 0 Å². The molecule has 0 bridgehead atoms. The molecule has 2 aromatic rings. The van der Waals surface area contributed by atoms with Gasteiger partial charge in [0, 0.05) is 17.7 Å². The predicted molar refractivity (Wildman–Crippen MR) is 81.7 cm³/mol. The summed E-state index contributed by atoms with van der Waals surface area (Å²) in [5.74, 6) is -0.0717. The Hall–Kier alpha value is -1.30. The van der Waals surface area contributed by atoms with Crippen molar-refractivity contribution in [3.63, 3.8) is 0 Å². The Kier molecular flexibility index (Phi) is 4.52. The van der Waals surface area contributed by atoms with Gasteiger partial charge in [-0.2, -0.15) is 0 Å². The minimum absolute atomic E-state index is 0.00538. The molecule has 3 nitrogen and oxygen atoms in total. The first-order valence-electron chi connectivity index (χ1n) is 5.35. The zero-order valence-corrected chi connectivity index (χ0v) is 13.0. The quantitative estimate of drug-likeness (QED) is 0.450. The molecule has 3 N–H and O–H groups in total. The summed E-state index contributed by atoms with van der Waals surface area (Å²) in [5, 5.41) is 7.61. The molecule has 0 spiro atoms. The van der Waals surface area contributed by atoms with Crippen molar-refractivity contribution in [1.29, 1.82) is 5.41 Å². The minimum atomic E-state index is -0.587. The third kappa shape index (κ3) is 3.23. The van der Waals surface area contributed by atoms with Crippen LogP contribution < -0.4 is 10.5 Å². The highest BCUT2D eigenvalue weighted by Gasteiger charge is 2.10. The summed E-state index contributed by atoms with van der Waals surface area (Å²) < 4.78 is 19.4. The standard InChI is InChI=1S/C13H8BrCl2FN2O/c14-8-4-10(16)11(17)5-12(8)20-6-1-2-7(13(18)19)9(15)3-6/h1-5H,(H3,18,19). The number of ether oxygens (including phenoxy) is 1. The fourth-order valence-corrected chi connectivity index (χ4v) is 2.48. The van der Waals surface area contributed by atoms with Crippen LogP contribution in [0.15, 0.2) is 34.8 Å². The van der Waals surface area contributed by atoms with Gasteiger partial charge in [0.25, 0.3) is 0 Å². The van der Waals surface area contributed by atoms with E-state index >= 15 is 0 Å². The molecule has 0 amide bonds. The first kappa shape index (κ1) is 15.1. The molecule has 0 atom stereocenters. The van der Waals surface area contributed by atoms with E-state index in [0.717, 1.165) is 0 Å². The van der Waals surface area contributed by atoms with Crippen LogP contribution in [-0.2, 0) is 0 Å². The highest BCUT2D eigenvalue weighted by atomic mass is 79.9. The summed E-state index contributed by atoms with van der Waals surface area (Å²) in [6.45, 7) is 0. The largest absolute Gasteiger partial charge is 0.456 e. The summed E-state index contributed by atoms with van der Waals surface area (Å²) in [6.07, 6.45) is 0. The summed E-state index contributed by atoms with van der Waals surface area (Å²) in [6, 6.07) is 7.20.